The lowest BCUT2D eigenvalue weighted by Crippen LogP contribution is -2.20. The van der Waals surface area contributed by atoms with E-state index in [1.807, 2.05) is 6.07 Å². The largest absolute Gasteiger partial charge is 0.483 e. The van der Waals surface area contributed by atoms with Gasteiger partial charge in [0.2, 0.25) is 0 Å². The first-order valence-electron chi connectivity index (χ1n) is 5.86. The highest BCUT2D eigenvalue weighted by Gasteiger charge is 2.16. The van der Waals surface area contributed by atoms with E-state index in [2.05, 4.69) is 0 Å². The molecule has 1 unspecified atom stereocenters. The zero-order valence-electron chi connectivity index (χ0n) is 10.2. The van der Waals surface area contributed by atoms with Gasteiger partial charge in [-0.15, -0.1) is 0 Å². The maximum Gasteiger partial charge on any atom is 0.139 e. The third-order valence-corrected chi connectivity index (χ3v) is 2.74. The van der Waals surface area contributed by atoms with Gasteiger partial charge in [-0.05, 0) is 18.2 Å². The molecular weight excluding hydrogens is 243 g/mol. The van der Waals surface area contributed by atoms with Crippen molar-refractivity contribution < 1.29 is 9.13 Å². The molecule has 2 aromatic rings. The zero-order valence-corrected chi connectivity index (χ0v) is 10.2. The third kappa shape index (κ3) is 2.90. The molecule has 2 rings (SSSR count). The van der Waals surface area contributed by atoms with E-state index in [4.69, 9.17) is 15.7 Å². The molecule has 0 aromatic heterocycles. The van der Waals surface area contributed by atoms with Crippen LogP contribution in [0.2, 0.25) is 0 Å². The Labute approximate surface area is 111 Å². The van der Waals surface area contributed by atoms with Crippen LogP contribution < -0.4 is 10.5 Å². The maximum atomic E-state index is 13.7. The second-order valence-electron chi connectivity index (χ2n) is 3.97. The van der Waals surface area contributed by atoms with Crippen LogP contribution in [0.15, 0.2) is 48.5 Å². The molecule has 3 nitrogen and oxygen atoms in total. The number of benzene rings is 2. The molecule has 19 heavy (non-hydrogen) atoms. The van der Waals surface area contributed by atoms with Crippen LogP contribution in [0.3, 0.4) is 0 Å². The van der Waals surface area contributed by atoms with Crippen molar-refractivity contribution in [3.63, 3.8) is 0 Å². The van der Waals surface area contributed by atoms with Gasteiger partial charge in [0.05, 0.1) is 5.56 Å². The van der Waals surface area contributed by atoms with Crippen molar-refractivity contribution in [3.05, 3.63) is 65.5 Å². The minimum Gasteiger partial charge on any atom is -0.483 e. The standard InChI is InChI=1S/C15H13FN2O/c16-13-7-3-2-6-12(13)15(10-18)19-14-8-4-1-5-11(14)9-17/h1-8,15H,10,18H2. The Morgan fingerprint density at radius 1 is 1.16 bits per heavy atom. The third-order valence-electron chi connectivity index (χ3n) is 2.74. The zero-order chi connectivity index (χ0) is 13.7. The van der Waals surface area contributed by atoms with Crippen LogP contribution in [0, 0.1) is 17.1 Å². The van der Waals surface area contributed by atoms with E-state index in [9.17, 15) is 4.39 Å². The molecule has 2 N–H and O–H groups in total. The molecular formula is C15H13FN2O. The monoisotopic (exact) mass is 256 g/mol. The first-order valence-corrected chi connectivity index (χ1v) is 5.86. The number of nitrogens with zero attached hydrogens (tertiary/aromatic N) is 1. The highest BCUT2D eigenvalue weighted by molar-refractivity contribution is 5.43. The van der Waals surface area contributed by atoms with Crippen LogP contribution in [0.5, 0.6) is 5.75 Å². The molecule has 0 aliphatic carbocycles. The lowest BCUT2D eigenvalue weighted by molar-refractivity contribution is 0.208. The van der Waals surface area contributed by atoms with Gasteiger partial charge in [-0.2, -0.15) is 5.26 Å². The molecule has 0 fully saturated rings. The van der Waals surface area contributed by atoms with Crippen molar-refractivity contribution in [1.29, 1.82) is 5.26 Å². The van der Waals surface area contributed by atoms with E-state index >= 15 is 0 Å². The van der Waals surface area contributed by atoms with E-state index in [0.717, 1.165) is 0 Å². The molecule has 1 atom stereocenters. The fourth-order valence-electron chi connectivity index (χ4n) is 1.79. The lowest BCUT2D eigenvalue weighted by Gasteiger charge is -2.19. The average molecular weight is 256 g/mol. The van der Waals surface area contributed by atoms with Gasteiger partial charge in [0.25, 0.3) is 0 Å². The number of halogens is 1. The van der Waals surface area contributed by atoms with Gasteiger partial charge in [0.15, 0.2) is 0 Å². The molecule has 2 aromatic carbocycles. The quantitative estimate of drug-likeness (QED) is 0.915. The van der Waals surface area contributed by atoms with E-state index < -0.39 is 6.10 Å². The average Bonchev–Trinajstić information content (AvgIpc) is 2.46. The Morgan fingerprint density at radius 3 is 2.53 bits per heavy atom. The van der Waals surface area contributed by atoms with E-state index in [0.29, 0.717) is 16.9 Å². The summed E-state index contributed by atoms with van der Waals surface area (Å²) in [5, 5.41) is 8.99. The summed E-state index contributed by atoms with van der Waals surface area (Å²) in [5.74, 6) is 0.0380. The first-order chi connectivity index (χ1) is 9.26. The number of ether oxygens (including phenoxy) is 1. The summed E-state index contributed by atoms with van der Waals surface area (Å²) in [6, 6.07) is 15.2. The number of para-hydroxylation sites is 1. The van der Waals surface area contributed by atoms with Crippen molar-refractivity contribution in [2.24, 2.45) is 5.73 Å². The first kappa shape index (κ1) is 13.1. The van der Waals surface area contributed by atoms with Crippen molar-refractivity contribution in [3.8, 4) is 11.8 Å². The Hall–Kier alpha value is -2.38. The molecule has 0 saturated heterocycles. The molecule has 96 valence electrons. The summed E-state index contributed by atoms with van der Waals surface area (Å²) in [4.78, 5) is 0. The van der Waals surface area contributed by atoms with Gasteiger partial charge in [0, 0.05) is 12.1 Å². The molecule has 0 spiro atoms. The van der Waals surface area contributed by atoms with Gasteiger partial charge in [-0.1, -0.05) is 30.3 Å². The van der Waals surface area contributed by atoms with E-state index in [1.165, 1.54) is 6.07 Å². The van der Waals surface area contributed by atoms with Crippen molar-refractivity contribution in [1.82, 2.24) is 0 Å². The Kier molecular flexibility index (Phi) is 4.11. The normalized spacial score (nSPS) is 11.6. The van der Waals surface area contributed by atoms with Crippen LogP contribution in [0.1, 0.15) is 17.2 Å². The van der Waals surface area contributed by atoms with Gasteiger partial charge in [-0.3, -0.25) is 0 Å². The van der Waals surface area contributed by atoms with Crippen molar-refractivity contribution in [2.45, 2.75) is 6.10 Å². The smallest absolute Gasteiger partial charge is 0.139 e. The maximum absolute atomic E-state index is 13.7. The van der Waals surface area contributed by atoms with Gasteiger partial charge in [0.1, 0.15) is 23.7 Å². The fraction of sp³-hybridized carbons (Fsp3) is 0.133. The summed E-state index contributed by atoms with van der Waals surface area (Å²) in [6.07, 6.45) is -0.615. The summed E-state index contributed by atoms with van der Waals surface area (Å²) in [7, 11) is 0. The Bertz CT molecular complexity index is 607. The summed E-state index contributed by atoms with van der Waals surface area (Å²) < 4.78 is 19.4. The van der Waals surface area contributed by atoms with Crippen LogP contribution in [-0.2, 0) is 0 Å². The predicted molar refractivity (Wildman–Crippen MR) is 70.0 cm³/mol. The summed E-state index contributed by atoms with van der Waals surface area (Å²) in [6.45, 7) is 0.126. The topological polar surface area (TPSA) is 59.0 Å². The van der Waals surface area contributed by atoms with Crippen LogP contribution in [0.4, 0.5) is 4.39 Å². The molecule has 0 bridgehead atoms. The molecule has 4 heteroatoms. The van der Waals surface area contributed by atoms with Crippen molar-refractivity contribution >= 4 is 0 Å². The second kappa shape index (κ2) is 5.98. The molecule has 0 heterocycles. The number of nitrogens with two attached hydrogens (primary N) is 1. The molecule has 0 aliphatic rings. The summed E-state index contributed by atoms with van der Waals surface area (Å²) >= 11 is 0. The number of rotatable bonds is 4. The van der Waals surface area contributed by atoms with E-state index in [-0.39, 0.29) is 12.4 Å². The minimum atomic E-state index is -0.615. The SMILES string of the molecule is N#Cc1ccccc1OC(CN)c1ccccc1F. The molecule has 0 saturated carbocycles. The highest BCUT2D eigenvalue weighted by Crippen LogP contribution is 2.25. The predicted octanol–water partition coefficient (Wildman–Crippen LogP) is 2.78. The van der Waals surface area contributed by atoms with Crippen LogP contribution in [-0.4, -0.2) is 6.54 Å². The van der Waals surface area contributed by atoms with Crippen LogP contribution >= 0.6 is 0 Å². The highest BCUT2D eigenvalue weighted by atomic mass is 19.1. The van der Waals surface area contributed by atoms with Crippen LogP contribution in [0.25, 0.3) is 0 Å². The van der Waals surface area contributed by atoms with Gasteiger partial charge >= 0.3 is 0 Å². The number of hydrogen-bond donors (Lipinski definition) is 1. The molecule has 0 aliphatic heterocycles. The van der Waals surface area contributed by atoms with E-state index in [1.54, 1.807) is 42.5 Å². The van der Waals surface area contributed by atoms with Gasteiger partial charge < -0.3 is 10.5 Å². The molecule has 0 amide bonds. The second-order valence-corrected chi connectivity index (χ2v) is 3.97. The van der Waals surface area contributed by atoms with Gasteiger partial charge in [-0.25, -0.2) is 4.39 Å². The molecule has 0 radical (unpaired) electrons. The minimum absolute atomic E-state index is 0.126. The Balaban J connectivity index is 2.30. The lowest BCUT2D eigenvalue weighted by atomic mass is 10.1. The van der Waals surface area contributed by atoms with Crippen molar-refractivity contribution in [2.75, 3.05) is 6.54 Å². The fourth-order valence-corrected chi connectivity index (χ4v) is 1.79. The number of hydrogen-bond acceptors (Lipinski definition) is 3. The number of nitriles is 1. The summed E-state index contributed by atoms with van der Waals surface area (Å²) in [5.41, 5.74) is 6.43. The Morgan fingerprint density at radius 2 is 1.84 bits per heavy atom.